The summed E-state index contributed by atoms with van der Waals surface area (Å²) in [7, 11) is 0. The topological polar surface area (TPSA) is 50.4 Å². The minimum absolute atomic E-state index is 0.0758. The average Bonchev–Trinajstić information content (AvgIpc) is 2.77. The molecule has 1 heterocycles. The minimum Gasteiger partial charge on any atom is -0.435 e. The highest BCUT2D eigenvalue weighted by Gasteiger charge is 2.29. The number of halogens is 2. The number of anilines is 2. The number of carbonyl (C=O) groups is 1. The molecule has 21 heavy (non-hydrogen) atoms. The van der Waals surface area contributed by atoms with Gasteiger partial charge in [-0.15, -0.1) is 0 Å². The molecule has 0 radical (unpaired) electrons. The van der Waals surface area contributed by atoms with Gasteiger partial charge < -0.3 is 15.4 Å². The van der Waals surface area contributed by atoms with Gasteiger partial charge >= 0.3 is 6.61 Å². The van der Waals surface area contributed by atoms with Gasteiger partial charge in [0, 0.05) is 16.9 Å². The van der Waals surface area contributed by atoms with Crippen molar-refractivity contribution in [2.24, 2.45) is 0 Å². The summed E-state index contributed by atoms with van der Waals surface area (Å²) in [6.07, 6.45) is 0. The van der Waals surface area contributed by atoms with E-state index < -0.39 is 12.7 Å². The van der Waals surface area contributed by atoms with Crippen molar-refractivity contribution in [1.82, 2.24) is 0 Å². The number of ether oxygens (including phenoxy) is 1. The number of rotatable bonds is 4. The number of benzene rings is 2. The zero-order valence-corrected chi connectivity index (χ0v) is 10.8. The van der Waals surface area contributed by atoms with E-state index in [0.29, 0.717) is 5.69 Å². The lowest BCUT2D eigenvalue weighted by molar-refractivity contribution is -0.116. The highest BCUT2D eigenvalue weighted by atomic mass is 19.3. The van der Waals surface area contributed by atoms with Crippen LogP contribution in [0.4, 0.5) is 20.2 Å². The van der Waals surface area contributed by atoms with E-state index in [4.69, 9.17) is 0 Å². The minimum atomic E-state index is -2.85. The quantitative estimate of drug-likeness (QED) is 0.907. The predicted octanol–water partition coefficient (Wildman–Crippen LogP) is 3.39. The molecule has 2 aromatic carbocycles. The second-order valence-electron chi connectivity index (χ2n) is 4.56. The predicted molar refractivity (Wildman–Crippen MR) is 74.5 cm³/mol. The fourth-order valence-corrected chi connectivity index (χ4v) is 2.25. The van der Waals surface area contributed by atoms with Crippen molar-refractivity contribution in [2.75, 3.05) is 10.6 Å². The van der Waals surface area contributed by atoms with Crippen LogP contribution >= 0.6 is 0 Å². The van der Waals surface area contributed by atoms with Crippen LogP contribution in [0.1, 0.15) is 11.6 Å². The highest BCUT2D eigenvalue weighted by Crippen LogP contribution is 2.33. The van der Waals surface area contributed by atoms with Crippen LogP contribution < -0.4 is 15.4 Å². The van der Waals surface area contributed by atoms with Crippen LogP contribution in [0, 0.1) is 0 Å². The third-order valence-corrected chi connectivity index (χ3v) is 3.18. The van der Waals surface area contributed by atoms with Crippen LogP contribution in [0.2, 0.25) is 0 Å². The maximum absolute atomic E-state index is 12.1. The highest BCUT2D eigenvalue weighted by molar-refractivity contribution is 6.04. The Labute approximate surface area is 119 Å². The van der Waals surface area contributed by atoms with Crippen molar-refractivity contribution in [3.63, 3.8) is 0 Å². The largest absolute Gasteiger partial charge is 0.435 e. The van der Waals surface area contributed by atoms with Gasteiger partial charge in [-0.3, -0.25) is 4.79 Å². The Hall–Kier alpha value is -2.63. The van der Waals surface area contributed by atoms with E-state index >= 15 is 0 Å². The van der Waals surface area contributed by atoms with Gasteiger partial charge in [-0.25, -0.2) is 0 Å². The van der Waals surface area contributed by atoms with Crippen LogP contribution in [0.25, 0.3) is 0 Å². The smallest absolute Gasteiger partial charge is 0.387 e. The summed E-state index contributed by atoms with van der Waals surface area (Å²) in [4.78, 5) is 12.0. The number of fused-ring (bicyclic) bond motifs is 1. The molecule has 0 spiro atoms. The molecular formula is C15H12F2N2O2. The van der Waals surface area contributed by atoms with E-state index in [9.17, 15) is 13.6 Å². The van der Waals surface area contributed by atoms with E-state index in [1.165, 1.54) is 12.1 Å². The SMILES string of the molecule is O=C1Nc2ccccc2C1Nc1ccc(OC(F)F)cc1. The Morgan fingerprint density at radius 1 is 1.10 bits per heavy atom. The van der Waals surface area contributed by atoms with E-state index in [2.05, 4.69) is 15.4 Å². The summed E-state index contributed by atoms with van der Waals surface area (Å²) in [5.74, 6) is -0.0732. The first-order valence-electron chi connectivity index (χ1n) is 6.35. The molecule has 1 aliphatic rings. The van der Waals surface area contributed by atoms with Crippen molar-refractivity contribution in [3.05, 3.63) is 54.1 Å². The van der Waals surface area contributed by atoms with E-state index in [-0.39, 0.29) is 11.7 Å². The van der Waals surface area contributed by atoms with E-state index in [1.807, 2.05) is 24.3 Å². The summed E-state index contributed by atoms with van der Waals surface area (Å²) in [6.45, 7) is -2.85. The second-order valence-corrected chi connectivity index (χ2v) is 4.56. The fraction of sp³-hybridized carbons (Fsp3) is 0.133. The number of carbonyl (C=O) groups excluding carboxylic acids is 1. The summed E-state index contributed by atoms with van der Waals surface area (Å²) in [6, 6.07) is 12.9. The van der Waals surface area contributed by atoms with Crippen LogP contribution in [-0.2, 0) is 4.79 Å². The summed E-state index contributed by atoms with van der Waals surface area (Å²) < 4.78 is 28.4. The van der Waals surface area contributed by atoms with Gasteiger partial charge in [0.05, 0.1) is 0 Å². The molecule has 1 atom stereocenters. The Kier molecular flexibility index (Phi) is 3.43. The van der Waals surface area contributed by atoms with Crippen LogP contribution in [0.15, 0.2) is 48.5 Å². The molecule has 0 aromatic heterocycles. The third kappa shape index (κ3) is 2.79. The molecule has 1 unspecified atom stereocenters. The number of nitrogens with one attached hydrogen (secondary N) is 2. The maximum atomic E-state index is 12.1. The molecule has 108 valence electrons. The Balaban J connectivity index is 1.76. The number of para-hydroxylation sites is 1. The third-order valence-electron chi connectivity index (χ3n) is 3.18. The van der Waals surface area contributed by atoms with Crippen LogP contribution in [-0.4, -0.2) is 12.5 Å². The van der Waals surface area contributed by atoms with Gasteiger partial charge in [-0.1, -0.05) is 18.2 Å². The van der Waals surface area contributed by atoms with Gasteiger partial charge in [-0.05, 0) is 30.3 Å². The lowest BCUT2D eigenvalue weighted by Gasteiger charge is -2.13. The molecule has 4 nitrogen and oxygen atoms in total. The molecule has 2 N–H and O–H groups in total. The molecule has 1 amide bonds. The first kappa shape index (κ1) is 13.4. The monoisotopic (exact) mass is 290 g/mol. The standard InChI is InChI=1S/C15H12F2N2O2/c16-15(17)21-10-7-5-9(6-8-10)18-13-11-3-1-2-4-12(11)19-14(13)20/h1-8,13,15,18H,(H,19,20). The lowest BCUT2D eigenvalue weighted by atomic mass is 10.1. The maximum Gasteiger partial charge on any atom is 0.387 e. The molecule has 0 bridgehead atoms. The molecule has 0 fully saturated rings. The molecule has 6 heteroatoms. The molecule has 0 aliphatic carbocycles. The molecule has 0 saturated carbocycles. The zero-order chi connectivity index (χ0) is 14.8. The first-order chi connectivity index (χ1) is 10.1. The second kappa shape index (κ2) is 5.40. The molecule has 0 saturated heterocycles. The van der Waals surface area contributed by atoms with E-state index in [0.717, 1.165) is 11.3 Å². The van der Waals surface area contributed by atoms with Crippen LogP contribution in [0.3, 0.4) is 0 Å². The number of hydrogen-bond acceptors (Lipinski definition) is 3. The van der Waals surface area contributed by atoms with Gasteiger partial charge in [0.1, 0.15) is 11.8 Å². The Morgan fingerprint density at radius 3 is 2.52 bits per heavy atom. The fourth-order valence-electron chi connectivity index (χ4n) is 2.25. The summed E-state index contributed by atoms with van der Waals surface area (Å²) >= 11 is 0. The normalized spacial score (nSPS) is 16.5. The molecular weight excluding hydrogens is 278 g/mol. The molecule has 3 rings (SSSR count). The van der Waals surface area contributed by atoms with Gasteiger partial charge in [0.15, 0.2) is 0 Å². The van der Waals surface area contributed by atoms with Crippen LogP contribution in [0.5, 0.6) is 5.75 Å². The summed E-state index contributed by atoms with van der Waals surface area (Å²) in [5.41, 5.74) is 2.28. The van der Waals surface area contributed by atoms with Crippen molar-refractivity contribution in [2.45, 2.75) is 12.7 Å². The molecule has 1 aliphatic heterocycles. The number of amides is 1. The van der Waals surface area contributed by atoms with Crippen molar-refractivity contribution in [1.29, 1.82) is 0 Å². The zero-order valence-electron chi connectivity index (χ0n) is 10.8. The van der Waals surface area contributed by atoms with Crippen molar-refractivity contribution < 1.29 is 18.3 Å². The number of alkyl halides is 2. The molecule has 2 aromatic rings. The number of hydrogen-bond donors (Lipinski definition) is 2. The van der Waals surface area contributed by atoms with Gasteiger partial charge in [0.25, 0.3) is 5.91 Å². The van der Waals surface area contributed by atoms with Gasteiger partial charge in [0.2, 0.25) is 0 Å². The van der Waals surface area contributed by atoms with Gasteiger partial charge in [-0.2, -0.15) is 8.78 Å². The first-order valence-corrected chi connectivity index (χ1v) is 6.35. The average molecular weight is 290 g/mol. The lowest BCUT2D eigenvalue weighted by Crippen LogP contribution is -2.19. The Morgan fingerprint density at radius 2 is 1.81 bits per heavy atom. The van der Waals surface area contributed by atoms with Crippen molar-refractivity contribution >= 4 is 17.3 Å². The van der Waals surface area contributed by atoms with E-state index in [1.54, 1.807) is 12.1 Å². The van der Waals surface area contributed by atoms with Crippen molar-refractivity contribution in [3.8, 4) is 5.75 Å². The Bertz CT molecular complexity index is 659. The summed E-state index contributed by atoms with van der Waals surface area (Å²) in [5, 5.41) is 5.85.